The molecular weight excluding hydrogens is 238 g/mol. The van der Waals surface area contributed by atoms with Crippen molar-refractivity contribution in [3.8, 4) is 0 Å². The molecule has 1 aromatic rings. The Hall–Kier alpha value is -0.710. The highest BCUT2D eigenvalue weighted by atomic mass is 35.5. The summed E-state index contributed by atoms with van der Waals surface area (Å²) in [7, 11) is 0. The standard InChI is InChI=1S/C12H18ClN3O/c1-8(2)16-4-5-17-10(7-16)12-14-9(3)6-11(13)15-12/h6,8,10H,4-5,7H2,1-3H3. The van der Waals surface area contributed by atoms with Crippen LogP contribution in [0.2, 0.25) is 5.15 Å². The van der Waals surface area contributed by atoms with E-state index < -0.39 is 0 Å². The van der Waals surface area contributed by atoms with E-state index >= 15 is 0 Å². The molecule has 1 aliphatic rings. The predicted molar refractivity (Wildman–Crippen MR) is 67.2 cm³/mol. The van der Waals surface area contributed by atoms with Crippen molar-refractivity contribution in [3.05, 3.63) is 22.7 Å². The van der Waals surface area contributed by atoms with Gasteiger partial charge in [0.2, 0.25) is 0 Å². The third-order valence-electron chi connectivity index (χ3n) is 2.96. The summed E-state index contributed by atoms with van der Waals surface area (Å²) in [4.78, 5) is 11.0. The van der Waals surface area contributed by atoms with Crippen molar-refractivity contribution in [1.29, 1.82) is 0 Å². The van der Waals surface area contributed by atoms with Gasteiger partial charge in [-0.15, -0.1) is 0 Å². The quantitative estimate of drug-likeness (QED) is 0.760. The molecule has 0 radical (unpaired) electrons. The van der Waals surface area contributed by atoms with Gasteiger partial charge >= 0.3 is 0 Å². The molecule has 2 heterocycles. The zero-order chi connectivity index (χ0) is 12.4. The second-order valence-corrected chi connectivity index (χ2v) is 5.03. The maximum absolute atomic E-state index is 5.95. The van der Waals surface area contributed by atoms with Gasteiger partial charge in [-0.3, -0.25) is 4.90 Å². The molecule has 0 aliphatic carbocycles. The first-order valence-electron chi connectivity index (χ1n) is 5.93. The van der Waals surface area contributed by atoms with E-state index in [1.165, 1.54) is 0 Å². The van der Waals surface area contributed by atoms with Crippen LogP contribution in [-0.2, 0) is 4.74 Å². The van der Waals surface area contributed by atoms with Crippen LogP contribution < -0.4 is 0 Å². The molecule has 0 amide bonds. The Balaban J connectivity index is 2.16. The van der Waals surface area contributed by atoms with Crippen molar-refractivity contribution >= 4 is 11.6 Å². The Morgan fingerprint density at radius 1 is 1.47 bits per heavy atom. The molecule has 1 saturated heterocycles. The maximum Gasteiger partial charge on any atom is 0.160 e. The van der Waals surface area contributed by atoms with Gasteiger partial charge in [0.25, 0.3) is 0 Å². The van der Waals surface area contributed by atoms with Crippen LogP contribution in [0.3, 0.4) is 0 Å². The Kier molecular flexibility index (Phi) is 3.97. The number of aryl methyl sites for hydroxylation is 1. The molecule has 0 spiro atoms. The fourth-order valence-corrected chi connectivity index (χ4v) is 2.23. The number of nitrogens with zero attached hydrogens (tertiary/aromatic N) is 3. The zero-order valence-corrected chi connectivity index (χ0v) is 11.2. The first-order valence-corrected chi connectivity index (χ1v) is 6.31. The van der Waals surface area contributed by atoms with Crippen LogP contribution in [0.4, 0.5) is 0 Å². The summed E-state index contributed by atoms with van der Waals surface area (Å²) < 4.78 is 5.73. The lowest BCUT2D eigenvalue weighted by Gasteiger charge is -2.34. The lowest BCUT2D eigenvalue weighted by molar-refractivity contribution is -0.0443. The number of morpholine rings is 1. The monoisotopic (exact) mass is 255 g/mol. The molecule has 0 saturated carbocycles. The van der Waals surface area contributed by atoms with Gasteiger partial charge < -0.3 is 4.74 Å². The summed E-state index contributed by atoms with van der Waals surface area (Å²) in [6, 6.07) is 2.27. The first kappa shape index (κ1) is 12.7. The second-order valence-electron chi connectivity index (χ2n) is 4.64. The van der Waals surface area contributed by atoms with Crippen LogP contribution >= 0.6 is 11.6 Å². The van der Waals surface area contributed by atoms with Crippen molar-refractivity contribution in [1.82, 2.24) is 14.9 Å². The largest absolute Gasteiger partial charge is 0.368 e. The van der Waals surface area contributed by atoms with Gasteiger partial charge in [-0.05, 0) is 26.8 Å². The Morgan fingerprint density at radius 2 is 2.24 bits per heavy atom. The number of hydrogen-bond donors (Lipinski definition) is 0. The Morgan fingerprint density at radius 3 is 2.88 bits per heavy atom. The molecule has 1 aromatic heterocycles. The summed E-state index contributed by atoms with van der Waals surface area (Å²) in [6.45, 7) is 8.81. The van der Waals surface area contributed by atoms with E-state index in [1.54, 1.807) is 6.07 Å². The van der Waals surface area contributed by atoms with Crippen LogP contribution in [0.15, 0.2) is 6.07 Å². The molecule has 0 bridgehead atoms. The molecule has 0 aromatic carbocycles. The Labute approximate surface area is 107 Å². The predicted octanol–water partition coefficient (Wildman–Crippen LogP) is 2.22. The van der Waals surface area contributed by atoms with Gasteiger partial charge in [0.1, 0.15) is 11.3 Å². The zero-order valence-electron chi connectivity index (χ0n) is 10.5. The SMILES string of the molecule is Cc1cc(Cl)nc(C2CN(C(C)C)CCO2)n1. The third-order valence-corrected chi connectivity index (χ3v) is 3.15. The first-order chi connectivity index (χ1) is 8.06. The highest BCUT2D eigenvalue weighted by Crippen LogP contribution is 2.22. The van der Waals surface area contributed by atoms with Crippen LogP contribution in [0, 0.1) is 6.92 Å². The summed E-state index contributed by atoms with van der Waals surface area (Å²) >= 11 is 5.95. The lowest BCUT2D eigenvalue weighted by atomic mass is 10.2. The van der Waals surface area contributed by atoms with Crippen molar-refractivity contribution in [2.75, 3.05) is 19.7 Å². The molecule has 2 rings (SSSR count). The van der Waals surface area contributed by atoms with Crippen LogP contribution in [0.1, 0.15) is 31.5 Å². The van der Waals surface area contributed by atoms with Crippen molar-refractivity contribution < 1.29 is 4.74 Å². The second kappa shape index (κ2) is 5.29. The van der Waals surface area contributed by atoms with E-state index in [1.807, 2.05) is 6.92 Å². The number of hydrogen-bond acceptors (Lipinski definition) is 4. The molecular formula is C12H18ClN3O. The van der Waals surface area contributed by atoms with Crippen LogP contribution in [-0.4, -0.2) is 40.6 Å². The third kappa shape index (κ3) is 3.15. The van der Waals surface area contributed by atoms with Crippen molar-refractivity contribution in [3.63, 3.8) is 0 Å². The van der Waals surface area contributed by atoms with Crippen molar-refractivity contribution in [2.45, 2.75) is 32.9 Å². The van der Waals surface area contributed by atoms with E-state index in [9.17, 15) is 0 Å². The normalized spacial score (nSPS) is 22.1. The highest BCUT2D eigenvalue weighted by Gasteiger charge is 2.25. The topological polar surface area (TPSA) is 38.2 Å². The average Bonchev–Trinajstić information content (AvgIpc) is 2.28. The van der Waals surface area contributed by atoms with Gasteiger partial charge in [-0.1, -0.05) is 11.6 Å². The van der Waals surface area contributed by atoms with E-state index in [0.717, 1.165) is 25.4 Å². The van der Waals surface area contributed by atoms with Crippen molar-refractivity contribution in [2.24, 2.45) is 0 Å². The lowest BCUT2D eigenvalue weighted by Crippen LogP contribution is -2.42. The molecule has 1 unspecified atom stereocenters. The number of rotatable bonds is 2. The summed E-state index contributed by atoms with van der Waals surface area (Å²) in [6.07, 6.45) is -0.0662. The van der Waals surface area contributed by atoms with Crippen LogP contribution in [0.5, 0.6) is 0 Å². The minimum Gasteiger partial charge on any atom is -0.368 e. The molecule has 0 N–H and O–H groups in total. The molecule has 17 heavy (non-hydrogen) atoms. The molecule has 1 aliphatic heterocycles. The fourth-order valence-electron chi connectivity index (χ4n) is 1.99. The molecule has 1 atom stereocenters. The van der Waals surface area contributed by atoms with Gasteiger partial charge in [-0.25, -0.2) is 9.97 Å². The Bertz CT molecular complexity index is 377. The molecule has 1 fully saturated rings. The summed E-state index contributed by atoms with van der Waals surface area (Å²) in [5.74, 6) is 0.695. The van der Waals surface area contributed by atoms with E-state index in [-0.39, 0.29) is 6.10 Å². The fraction of sp³-hybridized carbons (Fsp3) is 0.667. The minimum atomic E-state index is -0.0662. The van der Waals surface area contributed by atoms with Gasteiger partial charge in [0.05, 0.1) is 6.61 Å². The molecule has 5 heteroatoms. The number of aromatic nitrogens is 2. The smallest absolute Gasteiger partial charge is 0.160 e. The minimum absolute atomic E-state index is 0.0662. The van der Waals surface area contributed by atoms with E-state index in [0.29, 0.717) is 17.0 Å². The van der Waals surface area contributed by atoms with Crippen LogP contribution in [0.25, 0.3) is 0 Å². The number of ether oxygens (including phenoxy) is 1. The molecule has 4 nitrogen and oxygen atoms in total. The average molecular weight is 256 g/mol. The molecule has 94 valence electrons. The summed E-state index contributed by atoms with van der Waals surface area (Å²) in [5, 5.41) is 0.484. The van der Waals surface area contributed by atoms with Gasteiger partial charge in [0.15, 0.2) is 5.82 Å². The summed E-state index contributed by atoms with van der Waals surface area (Å²) in [5.41, 5.74) is 0.880. The maximum atomic E-state index is 5.95. The van der Waals surface area contributed by atoms with Gasteiger partial charge in [-0.2, -0.15) is 0 Å². The number of halogens is 1. The highest BCUT2D eigenvalue weighted by molar-refractivity contribution is 6.29. The van der Waals surface area contributed by atoms with E-state index in [4.69, 9.17) is 16.3 Å². The van der Waals surface area contributed by atoms with E-state index in [2.05, 4.69) is 28.7 Å². The van der Waals surface area contributed by atoms with Gasteiger partial charge in [0, 0.05) is 24.8 Å².